The Morgan fingerprint density at radius 3 is 2.13 bits per heavy atom. The molecule has 2 aromatic rings. The number of fused-ring (bicyclic) bond motifs is 1. The zero-order valence-corrected chi connectivity index (χ0v) is 23.3. The van der Waals surface area contributed by atoms with Gasteiger partial charge in [0.1, 0.15) is 29.2 Å². The van der Waals surface area contributed by atoms with Gasteiger partial charge in [0.25, 0.3) is 0 Å². The average molecular weight is 569 g/mol. The van der Waals surface area contributed by atoms with E-state index in [1.807, 2.05) is 0 Å². The van der Waals surface area contributed by atoms with Crippen LogP contribution < -0.4 is 13.8 Å². The van der Waals surface area contributed by atoms with Crippen LogP contribution in [0.15, 0.2) is 42.5 Å². The lowest BCUT2D eigenvalue weighted by Crippen LogP contribution is -2.35. The summed E-state index contributed by atoms with van der Waals surface area (Å²) in [6.07, 6.45) is 2.75. The Kier molecular flexibility index (Phi) is 7.94. The second-order valence-electron chi connectivity index (χ2n) is 9.72. The summed E-state index contributed by atoms with van der Waals surface area (Å²) in [5.74, 6) is -2.59. The van der Waals surface area contributed by atoms with E-state index in [0.29, 0.717) is 11.1 Å². The number of carbonyl (C=O) groups is 2. The third kappa shape index (κ3) is 6.51. The fourth-order valence-corrected chi connectivity index (χ4v) is 7.05. The van der Waals surface area contributed by atoms with Crippen LogP contribution in [0.1, 0.15) is 49.5 Å². The Bertz CT molecular complexity index is 1460. The maximum Gasteiger partial charge on any atom is 0.331 e. The summed E-state index contributed by atoms with van der Waals surface area (Å²) in [6, 6.07) is 7.89. The minimum atomic E-state index is -4.37. The van der Waals surface area contributed by atoms with Crippen molar-refractivity contribution in [2.45, 2.75) is 38.4 Å². The minimum Gasteiger partial charge on any atom is -0.484 e. The number of rotatable bonds is 7. The largest absolute Gasteiger partial charge is 0.484 e. The topological polar surface area (TPSA) is 136 Å². The van der Waals surface area contributed by atoms with E-state index in [9.17, 15) is 30.8 Å². The number of nitrogens with one attached hydrogen (secondary N) is 1. The lowest BCUT2D eigenvalue weighted by Gasteiger charge is -2.23. The molecule has 3 rings (SSSR count). The summed E-state index contributed by atoms with van der Waals surface area (Å²) in [4.78, 5) is 25.3. The molecule has 0 spiro atoms. The van der Waals surface area contributed by atoms with Crippen LogP contribution >= 0.6 is 0 Å². The van der Waals surface area contributed by atoms with E-state index in [0.717, 1.165) is 18.6 Å². The van der Waals surface area contributed by atoms with Gasteiger partial charge in [0, 0.05) is 30.3 Å². The number of anilines is 1. The highest BCUT2D eigenvalue weighted by Crippen LogP contribution is 2.49. The number of likely N-dealkylation sites (N-methyl/N-ethyl adjacent to an activating group) is 1. The van der Waals surface area contributed by atoms with E-state index in [1.165, 1.54) is 49.5 Å². The number of sulfonamides is 2. The predicted molar refractivity (Wildman–Crippen MR) is 140 cm³/mol. The van der Waals surface area contributed by atoms with Gasteiger partial charge in [-0.2, -0.15) is 3.71 Å². The number of nitrogens with zero attached hydrogens (tertiary/aromatic N) is 1. The van der Waals surface area contributed by atoms with Crippen molar-refractivity contribution in [3.63, 3.8) is 0 Å². The lowest BCUT2D eigenvalue weighted by atomic mass is 9.89. The van der Waals surface area contributed by atoms with Crippen molar-refractivity contribution in [3.05, 3.63) is 65.0 Å². The van der Waals surface area contributed by atoms with E-state index < -0.39 is 55.4 Å². The Labute approximate surface area is 221 Å². The van der Waals surface area contributed by atoms with E-state index in [-0.39, 0.29) is 20.7 Å². The van der Waals surface area contributed by atoms with Gasteiger partial charge in [-0.05, 0) is 50.6 Å². The molecule has 38 heavy (non-hydrogen) atoms. The predicted octanol–water partition coefficient (Wildman–Crippen LogP) is 2.87. The molecule has 1 aliphatic heterocycles. The molecule has 0 saturated heterocycles. The van der Waals surface area contributed by atoms with E-state index in [1.54, 1.807) is 20.8 Å². The highest BCUT2D eigenvalue weighted by Gasteiger charge is 2.42. The van der Waals surface area contributed by atoms with Crippen LogP contribution in [-0.4, -0.2) is 53.9 Å². The molecule has 1 aliphatic rings. The van der Waals surface area contributed by atoms with Gasteiger partial charge in [-0.25, -0.2) is 26.0 Å². The average Bonchev–Trinajstić information content (AvgIpc) is 3.12. The first-order valence-electron chi connectivity index (χ1n) is 11.4. The third-order valence-corrected chi connectivity index (χ3v) is 8.61. The zero-order valence-electron chi connectivity index (χ0n) is 21.7. The Hall–Kier alpha value is -3.45. The molecular weight excluding hydrogens is 539 g/mol. The molecule has 1 amide bonds. The molecule has 1 heterocycles. The lowest BCUT2D eigenvalue weighted by molar-refractivity contribution is -0.148. The molecule has 0 saturated carbocycles. The SMILES string of the molecule is CNC(=O)C1c2cc(/C=C/C(=O)OC(C)(C)C)c(N(S(C)(=O)=O)S(C)(=O)=O)cc2OC1c1ccc(F)cc1. The second kappa shape index (κ2) is 10.4. The van der Waals surface area contributed by atoms with Gasteiger partial charge in [0.15, 0.2) is 0 Å². The second-order valence-corrected chi connectivity index (χ2v) is 13.6. The van der Waals surface area contributed by atoms with Crippen molar-refractivity contribution in [1.82, 2.24) is 5.32 Å². The van der Waals surface area contributed by atoms with Crippen molar-refractivity contribution in [1.29, 1.82) is 0 Å². The molecule has 0 aromatic heterocycles. The monoisotopic (exact) mass is 568 g/mol. The van der Waals surface area contributed by atoms with Gasteiger partial charge >= 0.3 is 5.97 Å². The quantitative estimate of drug-likeness (QED) is 0.398. The fourth-order valence-electron chi connectivity index (χ4n) is 4.05. The zero-order chi connectivity index (χ0) is 28.6. The van der Waals surface area contributed by atoms with Gasteiger partial charge in [-0.15, -0.1) is 0 Å². The van der Waals surface area contributed by atoms with Crippen molar-refractivity contribution >= 4 is 43.7 Å². The maximum absolute atomic E-state index is 13.5. The first kappa shape index (κ1) is 29.1. The molecule has 0 radical (unpaired) electrons. The van der Waals surface area contributed by atoms with Gasteiger partial charge in [-0.3, -0.25) is 4.79 Å². The molecular formula is C25H29FN2O8S2. The standard InChI is InChI=1S/C25H29FN2O8S2/c1-25(2,3)36-21(29)12-9-16-13-18-20(14-19(16)28(37(5,31)32)38(6,33)34)35-23(22(18)24(30)27-4)15-7-10-17(26)11-8-15/h7-14,22-23H,1-6H3,(H,27,30)/b12-9+. The van der Waals surface area contributed by atoms with Crippen LogP contribution in [0.2, 0.25) is 0 Å². The summed E-state index contributed by atoms with van der Waals surface area (Å²) in [6.45, 7) is 4.99. The minimum absolute atomic E-state index is 0.00252. The maximum atomic E-state index is 13.5. The normalized spacial score (nSPS) is 17.6. The van der Waals surface area contributed by atoms with Crippen LogP contribution in [-0.2, 0) is 34.4 Å². The molecule has 0 fully saturated rings. The molecule has 1 N–H and O–H groups in total. The molecule has 13 heteroatoms. The molecule has 206 valence electrons. The summed E-state index contributed by atoms with van der Waals surface area (Å²) < 4.78 is 75.4. The number of amides is 1. The van der Waals surface area contributed by atoms with Crippen molar-refractivity contribution in [3.8, 4) is 5.75 Å². The van der Waals surface area contributed by atoms with Crippen LogP contribution in [0.25, 0.3) is 6.08 Å². The number of ether oxygens (including phenoxy) is 2. The molecule has 2 atom stereocenters. The van der Waals surface area contributed by atoms with Gasteiger partial charge in [0.2, 0.25) is 26.0 Å². The first-order valence-corrected chi connectivity index (χ1v) is 15.0. The Morgan fingerprint density at radius 2 is 1.63 bits per heavy atom. The number of esters is 1. The summed E-state index contributed by atoms with van der Waals surface area (Å²) in [5, 5.41) is 2.55. The van der Waals surface area contributed by atoms with Crippen LogP contribution in [0, 0.1) is 5.82 Å². The van der Waals surface area contributed by atoms with Gasteiger partial charge in [0.05, 0.1) is 18.2 Å². The summed E-state index contributed by atoms with van der Waals surface area (Å²) in [5.41, 5.74) is -0.347. The van der Waals surface area contributed by atoms with Crippen molar-refractivity contribution < 1.29 is 40.3 Å². The van der Waals surface area contributed by atoms with Gasteiger partial charge in [-0.1, -0.05) is 12.1 Å². The number of hydrogen-bond donors (Lipinski definition) is 1. The summed E-state index contributed by atoms with van der Waals surface area (Å²) >= 11 is 0. The highest BCUT2D eigenvalue weighted by molar-refractivity contribution is 8.09. The molecule has 2 unspecified atom stereocenters. The van der Waals surface area contributed by atoms with Gasteiger partial charge < -0.3 is 14.8 Å². The first-order chi connectivity index (χ1) is 17.4. The Balaban J connectivity index is 2.26. The van der Waals surface area contributed by atoms with E-state index in [2.05, 4.69) is 5.32 Å². The Morgan fingerprint density at radius 1 is 1.05 bits per heavy atom. The van der Waals surface area contributed by atoms with Crippen LogP contribution in [0.3, 0.4) is 0 Å². The number of carbonyl (C=O) groups excluding carboxylic acids is 2. The van der Waals surface area contributed by atoms with Crippen molar-refractivity contribution in [2.75, 3.05) is 23.3 Å². The molecule has 2 aromatic carbocycles. The molecule has 0 aliphatic carbocycles. The highest BCUT2D eigenvalue weighted by atomic mass is 32.3. The van der Waals surface area contributed by atoms with Crippen LogP contribution in [0.4, 0.5) is 10.1 Å². The number of benzene rings is 2. The third-order valence-electron chi connectivity index (χ3n) is 5.38. The van der Waals surface area contributed by atoms with E-state index >= 15 is 0 Å². The smallest absolute Gasteiger partial charge is 0.331 e. The van der Waals surface area contributed by atoms with Crippen LogP contribution in [0.5, 0.6) is 5.75 Å². The fraction of sp³-hybridized carbons (Fsp3) is 0.360. The molecule has 0 bridgehead atoms. The van der Waals surface area contributed by atoms with E-state index in [4.69, 9.17) is 9.47 Å². The summed E-state index contributed by atoms with van der Waals surface area (Å²) in [7, 11) is -7.31. The molecule has 10 nitrogen and oxygen atoms in total. The number of hydrogen-bond acceptors (Lipinski definition) is 8. The van der Waals surface area contributed by atoms with Crippen molar-refractivity contribution in [2.24, 2.45) is 0 Å². The number of halogens is 1.